The number of aromatic nitrogens is 3. The minimum Gasteiger partial charge on any atom is -0.360 e. The zero-order valence-corrected chi connectivity index (χ0v) is 15.1. The molecule has 1 aliphatic carbocycles. The van der Waals surface area contributed by atoms with Gasteiger partial charge in [-0.2, -0.15) is 5.10 Å². The van der Waals surface area contributed by atoms with Crippen LogP contribution in [0.2, 0.25) is 0 Å². The van der Waals surface area contributed by atoms with E-state index in [9.17, 15) is 4.79 Å². The molecule has 1 N–H and O–H groups in total. The number of amides is 1. The number of nitrogens with one attached hydrogen (secondary N) is 1. The van der Waals surface area contributed by atoms with Crippen molar-refractivity contribution in [3.63, 3.8) is 0 Å². The fourth-order valence-electron chi connectivity index (χ4n) is 3.39. The second-order valence-electron chi connectivity index (χ2n) is 7.65. The van der Waals surface area contributed by atoms with Gasteiger partial charge in [-0.05, 0) is 38.0 Å². The van der Waals surface area contributed by atoms with Crippen LogP contribution in [0, 0.1) is 18.3 Å². The average Bonchev–Trinajstić information content (AvgIpc) is 3.10. The molecule has 3 rings (SSSR count). The lowest BCUT2D eigenvalue weighted by molar-refractivity contribution is 0.101. The zero-order valence-electron chi connectivity index (χ0n) is 15.1. The Morgan fingerprint density at radius 2 is 2.21 bits per heavy atom. The van der Waals surface area contributed by atoms with Gasteiger partial charge in [0.1, 0.15) is 5.76 Å². The fourth-order valence-corrected chi connectivity index (χ4v) is 3.39. The first-order valence-corrected chi connectivity index (χ1v) is 8.62. The van der Waals surface area contributed by atoms with Crippen LogP contribution in [-0.4, -0.2) is 20.8 Å². The van der Waals surface area contributed by atoms with Crippen LogP contribution in [0.25, 0.3) is 0 Å². The number of carbonyl (C=O) groups excluding carboxylic acids is 1. The summed E-state index contributed by atoms with van der Waals surface area (Å²) in [7, 11) is 0. The Morgan fingerprint density at radius 1 is 1.46 bits per heavy atom. The van der Waals surface area contributed by atoms with Crippen molar-refractivity contribution in [1.29, 1.82) is 0 Å². The van der Waals surface area contributed by atoms with Gasteiger partial charge in [-0.25, -0.2) is 0 Å². The summed E-state index contributed by atoms with van der Waals surface area (Å²) in [5.41, 5.74) is 3.26. The first-order chi connectivity index (χ1) is 11.3. The van der Waals surface area contributed by atoms with Crippen molar-refractivity contribution in [2.24, 2.45) is 11.3 Å². The molecule has 0 saturated heterocycles. The van der Waals surface area contributed by atoms with Crippen molar-refractivity contribution < 1.29 is 9.32 Å². The largest absolute Gasteiger partial charge is 0.360 e. The molecule has 1 aliphatic rings. The fraction of sp³-hybridized carbons (Fsp3) is 0.611. The van der Waals surface area contributed by atoms with Gasteiger partial charge in [-0.1, -0.05) is 25.9 Å². The van der Waals surface area contributed by atoms with E-state index in [2.05, 4.69) is 36.3 Å². The topological polar surface area (TPSA) is 73.0 Å². The molecular formula is C18H26N4O2. The normalized spacial score (nSPS) is 17.6. The van der Waals surface area contributed by atoms with Crippen LogP contribution >= 0.6 is 0 Å². The predicted octanol–water partition coefficient (Wildman–Crippen LogP) is 3.60. The minimum absolute atomic E-state index is 0.210. The molecule has 6 nitrogen and oxygen atoms in total. The molecule has 0 aromatic carbocycles. The zero-order chi connectivity index (χ0) is 17.5. The third-order valence-electron chi connectivity index (χ3n) is 5.13. The molecule has 0 bridgehead atoms. The van der Waals surface area contributed by atoms with Gasteiger partial charge in [0.25, 0.3) is 5.91 Å². The smallest absolute Gasteiger partial charge is 0.278 e. The molecule has 1 amide bonds. The van der Waals surface area contributed by atoms with Gasteiger partial charge in [0.15, 0.2) is 5.69 Å². The number of aryl methyl sites for hydroxylation is 2. The summed E-state index contributed by atoms with van der Waals surface area (Å²) in [4.78, 5) is 12.7. The third kappa shape index (κ3) is 2.97. The van der Waals surface area contributed by atoms with Crippen LogP contribution in [-0.2, 0) is 19.4 Å². The molecule has 0 spiro atoms. The molecular weight excluding hydrogens is 304 g/mol. The summed E-state index contributed by atoms with van der Waals surface area (Å²) in [6.45, 7) is 11.5. The molecule has 2 aromatic rings. The maximum atomic E-state index is 12.7. The number of rotatable bonds is 3. The van der Waals surface area contributed by atoms with Gasteiger partial charge in [0.2, 0.25) is 0 Å². The number of carbonyl (C=O) groups is 1. The molecule has 0 unspecified atom stereocenters. The Balaban J connectivity index is 1.82. The van der Waals surface area contributed by atoms with Gasteiger partial charge in [0.05, 0.1) is 17.6 Å². The minimum atomic E-state index is -0.215. The van der Waals surface area contributed by atoms with Crippen molar-refractivity contribution in [1.82, 2.24) is 14.9 Å². The Bertz CT molecular complexity index is 752. The Labute approximate surface area is 142 Å². The first-order valence-electron chi connectivity index (χ1n) is 8.62. The van der Waals surface area contributed by atoms with Gasteiger partial charge in [0, 0.05) is 18.5 Å². The highest BCUT2D eigenvalue weighted by Gasteiger charge is 2.34. The van der Waals surface area contributed by atoms with Crippen molar-refractivity contribution in [3.8, 4) is 0 Å². The van der Waals surface area contributed by atoms with Crippen molar-refractivity contribution >= 4 is 11.6 Å². The monoisotopic (exact) mass is 330 g/mol. The van der Waals surface area contributed by atoms with E-state index in [1.165, 1.54) is 0 Å². The highest BCUT2D eigenvalue weighted by atomic mass is 16.5. The highest BCUT2D eigenvalue weighted by Crippen LogP contribution is 2.38. The molecule has 2 heterocycles. The van der Waals surface area contributed by atoms with Gasteiger partial charge < -0.3 is 9.84 Å². The van der Waals surface area contributed by atoms with E-state index in [0.29, 0.717) is 11.6 Å². The lowest BCUT2D eigenvalue weighted by Gasteiger charge is -2.33. The molecule has 0 aliphatic heterocycles. The second-order valence-corrected chi connectivity index (χ2v) is 7.65. The highest BCUT2D eigenvalue weighted by molar-refractivity contribution is 6.04. The quantitative estimate of drug-likeness (QED) is 0.933. The number of anilines is 1. The lowest BCUT2D eigenvalue weighted by Crippen LogP contribution is -2.27. The van der Waals surface area contributed by atoms with E-state index >= 15 is 0 Å². The van der Waals surface area contributed by atoms with Gasteiger partial charge in [-0.3, -0.25) is 9.48 Å². The number of hydrogen-bond acceptors (Lipinski definition) is 4. The average molecular weight is 330 g/mol. The van der Waals surface area contributed by atoms with Gasteiger partial charge >= 0.3 is 0 Å². The molecule has 130 valence electrons. The Kier molecular flexibility index (Phi) is 4.24. The van der Waals surface area contributed by atoms with Crippen molar-refractivity contribution in [2.45, 2.75) is 60.4 Å². The lowest BCUT2D eigenvalue weighted by atomic mass is 9.71. The maximum absolute atomic E-state index is 12.7. The molecule has 0 radical (unpaired) electrons. The van der Waals surface area contributed by atoms with Crippen LogP contribution in [0.3, 0.4) is 0 Å². The maximum Gasteiger partial charge on any atom is 0.278 e. The predicted molar refractivity (Wildman–Crippen MR) is 92.1 cm³/mol. The SMILES string of the molecule is CCn1ncc(NC(=O)c2noc3c2C[C@H](C(C)(C)C)CC3)c1C. The Morgan fingerprint density at radius 3 is 2.83 bits per heavy atom. The van der Waals surface area contributed by atoms with Crippen LogP contribution in [0.1, 0.15) is 61.6 Å². The standard InChI is InChI=1S/C18H26N4O2/c1-6-22-11(2)14(10-19-22)20-17(23)16-13-9-12(18(3,4)5)7-8-15(13)24-21-16/h10,12H,6-9H2,1-5H3,(H,20,23)/t12-/m1/s1. The van der Waals surface area contributed by atoms with E-state index in [1.54, 1.807) is 6.20 Å². The van der Waals surface area contributed by atoms with Crippen LogP contribution < -0.4 is 5.32 Å². The summed E-state index contributed by atoms with van der Waals surface area (Å²) >= 11 is 0. The van der Waals surface area contributed by atoms with E-state index < -0.39 is 0 Å². The summed E-state index contributed by atoms with van der Waals surface area (Å²) in [6.07, 6.45) is 4.46. The molecule has 0 fully saturated rings. The summed E-state index contributed by atoms with van der Waals surface area (Å²) in [5.74, 6) is 1.18. The van der Waals surface area contributed by atoms with Crippen LogP contribution in [0.5, 0.6) is 0 Å². The summed E-state index contributed by atoms with van der Waals surface area (Å²) in [5, 5.41) is 11.2. The molecule has 1 atom stereocenters. The van der Waals surface area contributed by atoms with Crippen LogP contribution in [0.15, 0.2) is 10.7 Å². The third-order valence-corrected chi connectivity index (χ3v) is 5.13. The molecule has 0 saturated carbocycles. The number of fused-ring (bicyclic) bond motifs is 1. The molecule has 6 heteroatoms. The van der Waals surface area contributed by atoms with Crippen molar-refractivity contribution in [3.05, 3.63) is 28.9 Å². The van der Waals surface area contributed by atoms with E-state index in [4.69, 9.17) is 4.52 Å². The van der Waals surface area contributed by atoms with Crippen molar-refractivity contribution in [2.75, 3.05) is 5.32 Å². The van der Waals surface area contributed by atoms with Crippen LogP contribution in [0.4, 0.5) is 5.69 Å². The Hall–Kier alpha value is -2.11. The molecule has 2 aromatic heterocycles. The van der Waals surface area contributed by atoms with Gasteiger partial charge in [-0.15, -0.1) is 0 Å². The number of nitrogens with zero attached hydrogens (tertiary/aromatic N) is 3. The number of hydrogen-bond donors (Lipinski definition) is 1. The first kappa shape index (κ1) is 16.7. The molecule has 24 heavy (non-hydrogen) atoms. The summed E-state index contributed by atoms with van der Waals surface area (Å²) < 4.78 is 7.28. The summed E-state index contributed by atoms with van der Waals surface area (Å²) in [6, 6.07) is 0. The second kappa shape index (κ2) is 6.07. The van der Waals surface area contributed by atoms with E-state index in [0.717, 1.165) is 48.5 Å². The van der Waals surface area contributed by atoms with E-state index in [-0.39, 0.29) is 11.3 Å². The van der Waals surface area contributed by atoms with E-state index in [1.807, 2.05) is 18.5 Å².